The Morgan fingerprint density at radius 2 is 2.45 bits per heavy atom. The van der Waals surface area contributed by atoms with Crippen molar-refractivity contribution in [3.63, 3.8) is 0 Å². The highest BCUT2D eigenvalue weighted by Gasteiger charge is 2.32. The summed E-state index contributed by atoms with van der Waals surface area (Å²) >= 11 is 0. The molecule has 1 fully saturated rings. The van der Waals surface area contributed by atoms with E-state index in [0.29, 0.717) is 6.00 Å². The zero-order chi connectivity index (χ0) is 8.27. The van der Waals surface area contributed by atoms with Crippen molar-refractivity contribution in [1.82, 2.24) is 0 Å². The third-order valence-corrected chi connectivity index (χ3v) is 2.53. The molecule has 0 bridgehead atoms. The molecule has 0 N–H and O–H groups in total. The number of ether oxygens (including phenoxy) is 1. The van der Waals surface area contributed by atoms with Crippen molar-refractivity contribution >= 4 is 16.7 Å². The molecule has 0 spiro atoms. The van der Waals surface area contributed by atoms with Gasteiger partial charge in [0.05, 0.1) is 12.2 Å². The lowest BCUT2D eigenvalue weighted by atomic mass is 9.73. The summed E-state index contributed by atoms with van der Waals surface area (Å²) in [5, 5.41) is 0. The van der Waals surface area contributed by atoms with Gasteiger partial charge in [-0.1, -0.05) is 13.7 Å². The largest absolute Gasteiger partial charge is 0.381 e. The van der Waals surface area contributed by atoms with E-state index in [1.165, 1.54) is 0 Å². The standard InChI is InChI=1S/C7H15BO2P/c1-3-5-6(10-11)4-7(8-2)9-5/h5-7H,3-4,11H2,1-2H3/t5-,6?,7-/m1/s1. The third kappa shape index (κ3) is 2.17. The van der Waals surface area contributed by atoms with Crippen LogP contribution in [0, 0.1) is 0 Å². The first-order valence-electron chi connectivity index (χ1n) is 4.12. The van der Waals surface area contributed by atoms with Crippen LogP contribution in [0.2, 0.25) is 6.82 Å². The predicted octanol–water partition coefficient (Wildman–Crippen LogP) is 1.44. The van der Waals surface area contributed by atoms with Gasteiger partial charge in [0, 0.05) is 15.5 Å². The van der Waals surface area contributed by atoms with E-state index in [0.717, 1.165) is 12.8 Å². The summed E-state index contributed by atoms with van der Waals surface area (Å²) < 4.78 is 10.9. The van der Waals surface area contributed by atoms with E-state index in [1.807, 2.05) is 6.82 Å². The van der Waals surface area contributed by atoms with E-state index >= 15 is 0 Å². The zero-order valence-electron chi connectivity index (χ0n) is 7.12. The lowest BCUT2D eigenvalue weighted by Crippen LogP contribution is -2.20. The average Bonchev–Trinajstić information content (AvgIpc) is 2.46. The second kappa shape index (κ2) is 4.44. The minimum atomic E-state index is 0.270. The van der Waals surface area contributed by atoms with Gasteiger partial charge in [-0.15, -0.1) is 0 Å². The fourth-order valence-electron chi connectivity index (χ4n) is 1.47. The molecular formula is C7H15BO2P. The Balaban J connectivity index is 2.41. The van der Waals surface area contributed by atoms with Crippen LogP contribution >= 0.6 is 9.47 Å². The van der Waals surface area contributed by atoms with Crippen molar-refractivity contribution < 1.29 is 9.26 Å². The normalized spacial score (nSPS) is 37.5. The molecule has 1 aliphatic heterocycles. The molecule has 1 aliphatic rings. The number of hydrogen-bond acceptors (Lipinski definition) is 2. The van der Waals surface area contributed by atoms with Crippen LogP contribution in [0.15, 0.2) is 0 Å². The summed E-state index contributed by atoms with van der Waals surface area (Å²) in [6.45, 7) is 4.15. The van der Waals surface area contributed by atoms with Crippen LogP contribution in [-0.4, -0.2) is 25.5 Å². The highest BCUT2D eigenvalue weighted by atomic mass is 31.0. The fourth-order valence-corrected chi connectivity index (χ4v) is 1.75. The van der Waals surface area contributed by atoms with Crippen LogP contribution in [-0.2, 0) is 9.26 Å². The average molecular weight is 173 g/mol. The first kappa shape index (κ1) is 9.50. The first-order chi connectivity index (χ1) is 5.31. The van der Waals surface area contributed by atoms with E-state index < -0.39 is 0 Å². The fraction of sp³-hybridized carbons (Fsp3) is 1.00. The van der Waals surface area contributed by atoms with Gasteiger partial charge in [-0.05, 0) is 12.8 Å². The zero-order valence-corrected chi connectivity index (χ0v) is 8.27. The molecule has 2 unspecified atom stereocenters. The first-order valence-corrected chi connectivity index (χ1v) is 4.59. The maximum absolute atomic E-state index is 5.67. The van der Waals surface area contributed by atoms with Gasteiger partial charge in [0.15, 0.2) is 0 Å². The van der Waals surface area contributed by atoms with Crippen molar-refractivity contribution in [3.05, 3.63) is 0 Å². The van der Waals surface area contributed by atoms with Crippen LogP contribution in [0.1, 0.15) is 19.8 Å². The summed E-state index contributed by atoms with van der Waals surface area (Å²) in [5.41, 5.74) is 0. The number of rotatable bonds is 3. The Morgan fingerprint density at radius 3 is 2.82 bits per heavy atom. The molecule has 1 rings (SSSR count). The Morgan fingerprint density at radius 1 is 1.73 bits per heavy atom. The smallest absolute Gasteiger partial charge is 0.146 e. The molecular weight excluding hydrogens is 158 g/mol. The second-order valence-electron chi connectivity index (χ2n) is 2.86. The van der Waals surface area contributed by atoms with E-state index in [2.05, 4.69) is 23.7 Å². The van der Waals surface area contributed by atoms with Crippen LogP contribution < -0.4 is 0 Å². The van der Waals surface area contributed by atoms with E-state index in [4.69, 9.17) is 9.26 Å². The maximum Gasteiger partial charge on any atom is 0.146 e. The Labute approximate surface area is 71.6 Å². The van der Waals surface area contributed by atoms with E-state index in [1.54, 1.807) is 0 Å². The summed E-state index contributed by atoms with van der Waals surface area (Å²) in [4.78, 5) is 0. The Kier molecular flexibility index (Phi) is 3.84. The van der Waals surface area contributed by atoms with Crippen molar-refractivity contribution in [1.29, 1.82) is 0 Å². The van der Waals surface area contributed by atoms with Crippen LogP contribution in [0.25, 0.3) is 0 Å². The minimum absolute atomic E-state index is 0.270. The Bertz CT molecular complexity index is 111. The van der Waals surface area contributed by atoms with Crippen LogP contribution in [0.3, 0.4) is 0 Å². The van der Waals surface area contributed by atoms with Gasteiger partial charge in [-0.3, -0.25) is 0 Å². The van der Waals surface area contributed by atoms with Crippen molar-refractivity contribution in [2.24, 2.45) is 0 Å². The molecule has 0 aromatic rings. The quantitative estimate of drug-likeness (QED) is 0.474. The molecule has 0 aromatic heterocycles. The van der Waals surface area contributed by atoms with Gasteiger partial charge in [0.1, 0.15) is 7.28 Å². The van der Waals surface area contributed by atoms with Gasteiger partial charge >= 0.3 is 0 Å². The van der Waals surface area contributed by atoms with Gasteiger partial charge in [0.2, 0.25) is 0 Å². The topological polar surface area (TPSA) is 18.5 Å². The van der Waals surface area contributed by atoms with Gasteiger partial charge in [-0.25, -0.2) is 0 Å². The van der Waals surface area contributed by atoms with Gasteiger partial charge in [0.25, 0.3) is 0 Å². The van der Waals surface area contributed by atoms with Gasteiger partial charge < -0.3 is 9.26 Å². The highest BCUT2D eigenvalue weighted by molar-refractivity contribution is 7.09. The molecule has 0 aliphatic carbocycles. The molecule has 4 atom stereocenters. The molecule has 1 radical (unpaired) electrons. The molecule has 2 nitrogen and oxygen atoms in total. The summed E-state index contributed by atoms with van der Waals surface area (Å²) in [6.07, 6.45) is 2.59. The molecule has 63 valence electrons. The Hall–Kier alpha value is 0.415. The lowest BCUT2D eigenvalue weighted by Gasteiger charge is -2.14. The predicted molar refractivity (Wildman–Crippen MR) is 49.8 cm³/mol. The third-order valence-electron chi connectivity index (χ3n) is 2.18. The highest BCUT2D eigenvalue weighted by Crippen LogP contribution is 2.26. The summed E-state index contributed by atoms with van der Waals surface area (Å²) in [5.74, 6) is 0. The lowest BCUT2D eigenvalue weighted by molar-refractivity contribution is 0.0453. The van der Waals surface area contributed by atoms with Crippen molar-refractivity contribution in [2.75, 3.05) is 0 Å². The molecule has 0 amide bonds. The maximum atomic E-state index is 5.67. The molecule has 0 aromatic carbocycles. The van der Waals surface area contributed by atoms with Crippen LogP contribution in [0.5, 0.6) is 0 Å². The van der Waals surface area contributed by atoms with Crippen molar-refractivity contribution in [2.45, 2.75) is 44.8 Å². The number of hydrogen-bond donors (Lipinski definition) is 0. The SMILES string of the molecule is C[B][C@H]1CC(OP)[C@@H](CC)O1. The molecule has 1 saturated heterocycles. The molecule has 1 heterocycles. The van der Waals surface area contributed by atoms with Crippen molar-refractivity contribution in [3.8, 4) is 0 Å². The summed E-state index contributed by atoms with van der Waals surface area (Å²) in [6, 6.07) is 0.297. The summed E-state index contributed by atoms with van der Waals surface area (Å²) in [7, 11) is 4.41. The molecule has 0 saturated carbocycles. The van der Waals surface area contributed by atoms with Gasteiger partial charge in [-0.2, -0.15) is 0 Å². The van der Waals surface area contributed by atoms with E-state index in [9.17, 15) is 0 Å². The van der Waals surface area contributed by atoms with Crippen LogP contribution in [0.4, 0.5) is 0 Å². The van der Waals surface area contributed by atoms with E-state index in [-0.39, 0.29) is 12.2 Å². The molecule has 4 heteroatoms. The monoisotopic (exact) mass is 173 g/mol. The molecule has 11 heavy (non-hydrogen) atoms. The minimum Gasteiger partial charge on any atom is -0.381 e. The second-order valence-corrected chi connectivity index (χ2v) is 3.14.